The van der Waals surface area contributed by atoms with E-state index in [2.05, 4.69) is 4.90 Å². The number of fused-ring (bicyclic) bond motifs is 1. The van der Waals surface area contributed by atoms with Crippen molar-refractivity contribution < 1.29 is 9.52 Å². The van der Waals surface area contributed by atoms with E-state index in [9.17, 15) is 5.11 Å². The molecule has 0 spiro atoms. The van der Waals surface area contributed by atoms with Crippen LogP contribution in [0.1, 0.15) is 24.8 Å². The number of likely N-dealkylation sites (tertiary alicyclic amines) is 1. The summed E-state index contributed by atoms with van der Waals surface area (Å²) in [6.07, 6.45) is 5.71. The highest BCUT2D eigenvalue weighted by atomic mass is 16.3. The number of hydrogen-bond acceptors (Lipinski definition) is 3. The molecule has 2 aromatic rings. The minimum atomic E-state index is 0.229. The molecule has 0 bridgehead atoms. The molecule has 0 radical (unpaired) electrons. The SMILES string of the molecule is Oc1cccc2c(CN3CCCCC3)coc12. The standard InChI is InChI=1S/C14H17NO2/c16-13-6-4-5-12-11(10-17-14(12)13)9-15-7-2-1-3-8-15/h4-6,10,16H,1-3,7-9H2. The summed E-state index contributed by atoms with van der Waals surface area (Å²) in [5.74, 6) is 0.229. The molecule has 1 fully saturated rings. The molecule has 3 rings (SSSR count). The van der Waals surface area contributed by atoms with Gasteiger partial charge in [0.15, 0.2) is 11.3 Å². The first-order valence-corrected chi connectivity index (χ1v) is 6.25. The van der Waals surface area contributed by atoms with Crippen LogP contribution in [0.2, 0.25) is 0 Å². The van der Waals surface area contributed by atoms with E-state index in [1.165, 1.54) is 37.9 Å². The summed E-state index contributed by atoms with van der Waals surface area (Å²) in [6, 6.07) is 5.54. The van der Waals surface area contributed by atoms with Crippen molar-refractivity contribution in [3.05, 3.63) is 30.0 Å². The Morgan fingerprint density at radius 2 is 2.00 bits per heavy atom. The molecule has 1 saturated heterocycles. The lowest BCUT2D eigenvalue weighted by Crippen LogP contribution is -2.28. The zero-order chi connectivity index (χ0) is 11.7. The lowest BCUT2D eigenvalue weighted by Gasteiger charge is -2.25. The Hall–Kier alpha value is -1.48. The predicted molar refractivity (Wildman–Crippen MR) is 67.0 cm³/mol. The second-order valence-corrected chi connectivity index (χ2v) is 4.75. The highest BCUT2D eigenvalue weighted by Gasteiger charge is 2.14. The van der Waals surface area contributed by atoms with Crippen molar-refractivity contribution in [1.29, 1.82) is 0 Å². The third kappa shape index (κ3) is 2.03. The molecule has 3 nitrogen and oxygen atoms in total. The number of phenolic OH excluding ortho intramolecular Hbond substituents is 1. The molecule has 1 aromatic heterocycles. The van der Waals surface area contributed by atoms with Crippen molar-refractivity contribution in [3.8, 4) is 5.75 Å². The molecule has 0 saturated carbocycles. The predicted octanol–water partition coefficient (Wildman–Crippen LogP) is 3.12. The maximum absolute atomic E-state index is 9.68. The highest BCUT2D eigenvalue weighted by molar-refractivity contribution is 5.85. The van der Waals surface area contributed by atoms with E-state index in [0.29, 0.717) is 5.58 Å². The topological polar surface area (TPSA) is 36.6 Å². The second kappa shape index (κ2) is 4.41. The summed E-state index contributed by atoms with van der Waals surface area (Å²) in [5, 5.41) is 10.7. The number of benzene rings is 1. The molecule has 90 valence electrons. The molecule has 0 aliphatic carbocycles. The van der Waals surface area contributed by atoms with E-state index >= 15 is 0 Å². The summed E-state index contributed by atoms with van der Waals surface area (Å²) in [5.41, 5.74) is 1.79. The smallest absolute Gasteiger partial charge is 0.175 e. The van der Waals surface area contributed by atoms with Crippen LogP contribution in [0.5, 0.6) is 5.75 Å². The van der Waals surface area contributed by atoms with Gasteiger partial charge in [-0.05, 0) is 32.0 Å². The first-order valence-electron chi connectivity index (χ1n) is 6.25. The van der Waals surface area contributed by atoms with Crippen LogP contribution in [0, 0.1) is 0 Å². The van der Waals surface area contributed by atoms with Crippen LogP contribution in [-0.4, -0.2) is 23.1 Å². The number of furan rings is 1. The number of hydrogen-bond donors (Lipinski definition) is 1. The van der Waals surface area contributed by atoms with Gasteiger partial charge >= 0.3 is 0 Å². The van der Waals surface area contributed by atoms with Crippen molar-refractivity contribution in [2.75, 3.05) is 13.1 Å². The van der Waals surface area contributed by atoms with E-state index in [1.54, 1.807) is 12.3 Å². The highest BCUT2D eigenvalue weighted by Crippen LogP contribution is 2.29. The molecule has 3 heteroatoms. The fourth-order valence-electron chi connectivity index (χ4n) is 2.58. The van der Waals surface area contributed by atoms with Gasteiger partial charge in [0.2, 0.25) is 0 Å². The second-order valence-electron chi connectivity index (χ2n) is 4.75. The Labute approximate surface area is 101 Å². The van der Waals surface area contributed by atoms with Crippen LogP contribution >= 0.6 is 0 Å². The van der Waals surface area contributed by atoms with Crippen molar-refractivity contribution in [1.82, 2.24) is 4.90 Å². The molecular weight excluding hydrogens is 214 g/mol. The quantitative estimate of drug-likeness (QED) is 0.862. The fraction of sp³-hybridized carbons (Fsp3) is 0.429. The van der Waals surface area contributed by atoms with Gasteiger partial charge < -0.3 is 9.52 Å². The van der Waals surface area contributed by atoms with Crippen molar-refractivity contribution in [2.45, 2.75) is 25.8 Å². The monoisotopic (exact) mass is 231 g/mol. The van der Waals surface area contributed by atoms with Crippen molar-refractivity contribution in [2.24, 2.45) is 0 Å². The summed E-state index contributed by atoms with van der Waals surface area (Å²) in [4.78, 5) is 2.46. The first kappa shape index (κ1) is 10.7. The third-order valence-corrected chi connectivity index (χ3v) is 3.50. The number of rotatable bonds is 2. The number of piperidine rings is 1. The number of para-hydroxylation sites is 1. The molecule has 0 atom stereocenters. The third-order valence-electron chi connectivity index (χ3n) is 3.50. The van der Waals surface area contributed by atoms with Crippen LogP contribution in [0.3, 0.4) is 0 Å². The summed E-state index contributed by atoms with van der Waals surface area (Å²) in [6.45, 7) is 3.27. The maximum atomic E-state index is 9.68. The normalized spacial score (nSPS) is 17.6. The van der Waals surface area contributed by atoms with Gasteiger partial charge in [-0.25, -0.2) is 0 Å². The van der Waals surface area contributed by atoms with E-state index < -0.39 is 0 Å². The molecule has 1 aliphatic heterocycles. The molecule has 2 heterocycles. The Bertz CT molecular complexity index is 512. The number of nitrogens with zero attached hydrogens (tertiary/aromatic N) is 1. The minimum absolute atomic E-state index is 0.229. The average molecular weight is 231 g/mol. The first-order chi connectivity index (χ1) is 8.34. The number of phenols is 1. The summed E-state index contributed by atoms with van der Waals surface area (Å²) in [7, 11) is 0. The summed E-state index contributed by atoms with van der Waals surface area (Å²) < 4.78 is 5.44. The van der Waals surface area contributed by atoms with Gasteiger partial charge in [0, 0.05) is 17.5 Å². The van der Waals surface area contributed by atoms with Crippen LogP contribution in [-0.2, 0) is 6.54 Å². The number of aromatic hydroxyl groups is 1. The molecule has 0 unspecified atom stereocenters. The molecule has 17 heavy (non-hydrogen) atoms. The van der Waals surface area contributed by atoms with Crippen molar-refractivity contribution in [3.63, 3.8) is 0 Å². The summed E-state index contributed by atoms with van der Waals surface area (Å²) >= 11 is 0. The molecular formula is C14H17NO2. The van der Waals surface area contributed by atoms with Gasteiger partial charge in [0.05, 0.1) is 6.26 Å². The Balaban J connectivity index is 1.87. The Morgan fingerprint density at radius 3 is 2.82 bits per heavy atom. The van der Waals surface area contributed by atoms with Gasteiger partial charge in [-0.15, -0.1) is 0 Å². The van der Waals surface area contributed by atoms with Gasteiger partial charge in [-0.3, -0.25) is 4.90 Å². The van der Waals surface area contributed by atoms with Crippen molar-refractivity contribution >= 4 is 11.0 Å². The lowest BCUT2D eigenvalue weighted by molar-refractivity contribution is 0.221. The minimum Gasteiger partial charge on any atom is -0.504 e. The van der Waals surface area contributed by atoms with Crippen LogP contribution in [0.15, 0.2) is 28.9 Å². The van der Waals surface area contributed by atoms with E-state index in [-0.39, 0.29) is 5.75 Å². The average Bonchev–Trinajstić information content (AvgIpc) is 2.76. The zero-order valence-electron chi connectivity index (χ0n) is 9.85. The largest absolute Gasteiger partial charge is 0.504 e. The van der Waals surface area contributed by atoms with Gasteiger partial charge in [0.25, 0.3) is 0 Å². The molecule has 1 aliphatic rings. The van der Waals surface area contributed by atoms with Crippen LogP contribution in [0.25, 0.3) is 11.0 Å². The van der Waals surface area contributed by atoms with Gasteiger partial charge in [-0.2, -0.15) is 0 Å². The van der Waals surface area contributed by atoms with E-state index in [4.69, 9.17) is 4.42 Å². The zero-order valence-corrected chi connectivity index (χ0v) is 9.85. The molecule has 1 N–H and O–H groups in total. The maximum Gasteiger partial charge on any atom is 0.175 e. The van der Waals surface area contributed by atoms with Gasteiger partial charge in [-0.1, -0.05) is 18.6 Å². The Morgan fingerprint density at radius 1 is 1.18 bits per heavy atom. The van der Waals surface area contributed by atoms with E-state index in [0.717, 1.165) is 11.9 Å². The lowest BCUT2D eigenvalue weighted by atomic mass is 10.1. The van der Waals surface area contributed by atoms with Crippen LogP contribution in [0.4, 0.5) is 0 Å². The molecule has 0 amide bonds. The van der Waals surface area contributed by atoms with E-state index in [1.807, 2.05) is 12.1 Å². The fourth-order valence-corrected chi connectivity index (χ4v) is 2.58. The Kier molecular flexibility index (Phi) is 2.77. The van der Waals surface area contributed by atoms with Gasteiger partial charge in [0.1, 0.15) is 0 Å². The molecule has 1 aromatic carbocycles. The van der Waals surface area contributed by atoms with Crippen LogP contribution < -0.4 is 0 Å².